The highest BCUT2D eigenvalue weighted by Crippen LogP contribution is 2.21. The number of carbonyl (C=O) groups excluding carboxylic acids is 1. The minimum absolute atomic E-state index is 0.278. The average Bonchev–Trinajstić information content (AvgIpc) is 3.15. The normalized spacial score (nSPS) is 21.8. The molecule has 0 unspecified atom stereocenters. The minimum atomic E-state index is 0.278. The second kappa shape index (κ2) is 9.52. The van der Waals surface area contributed by atoms with Crippen LogP contribution in [-0.4, -0.2) is 60.4 Å². The van der Waals surface area contributed by atoms with Crippen LogP contribution in [0.1, 0.15) is 56.1 Å². The van der Waals surface area contributed by atoms with Crippen molar-refractivity contribution < 1.29 is 4.79 Å². The third-order valence-corrected chi connectivity index (χ3v) is 6.16. The standard InChI is InChI=1S/C22H35N3O/c1-23-14-6-5-11-21(23)12-13-22(26)24(2)17-19-9-3-4-10-20(19)18-25-15-7-8-16-25/h3-4,9-10,21H,5-8,11-18H2,1-2H3/t21-/m0/s1. The van der Waals surface area contributed by atoms with Gasteiger partial charge in [0.05, 0.1) is 0 Å². The molecule has 2 saturated heterocycles. The van der Waals surface area contributed by atoms with Crippen LogP contribution in [0, 0.1) is 0 Å². The Morgan fingerprint density at radius 2 is 1.77 bits per heavy atom. The quantitative estimate of drug-likeness (QED) is 0.747. The molecule has 1 atom stereocenters. The molecule has 1 aromatic carbocycles. The molecule has 0 saturated carbocycles. The van der Waals surface area contributed by atoms with Gasteiger partial charge in [0.15, 0.2) is 0 Å². The fraction of sp³-hybridized carbons (Fsp3) is 0.682. The molecule has 0 aliphatic carbocycles. The highest BCUT2D eigenvalue weighted by Gasteiger charge is 2.21. The van der Waals surface area contributed by atoms with Gasteiger partial charge in [-0.2, -0.15) is 0 Å². The lowest BCUT2D eigenvalue weighted by Gasteiger charge is -2.32. The summed E-state index contributed by atoms with van der Waals surface area (Å²) in [5.41, 5.74) is 2.67. The number of hydrogen-bond acceptors (Lipinski definition) is 3. The average molecular weight is 358 g/mol. The van der Waals surface area contributed by atoms with Crippen LogP contribution in [0.15, 0.2) is 24.3 Å². The van der Waals surface area contributed by atoms with Crippen molar-refractivity contribution in [3.05, 3.63) is 35.4 Å². The predicted molar refractivity (Wildman–Crippen MR) is 107 cm³/mol. The maximum atomic E-state index is 12.6. The van der Waals surface area contributed by atoms with Crippen molar-refractivity contribution in [2.24, 2.45) is 0 Å². The molecule has 2 heterocycles. The molecular weight excluding hydrogens is 322 g/mol. The van der Waals surface area contributed by atoms with Crippen LogP contribution in [0.5, 0.6) is 0 Å². The van der Waals surface area contributed by atoms with Gasteiger partial charge >= 0.3 is 0 Å². The van der Waals surface area contributed by atoms with Crippen LogP contribution in [0.3, 0.4) is 0 Å². The Morgan fingerprint density at radius 1 is 1.08 bits per heavy atom. The van der Waals surface area contributed by atoms with Crippen LogP contribution in [0.25, 0.3) is 0 Å². The molecule has 2 aliphatic heterocycles. The molecule has 0 N–H and O–H groups in total. The number of carbonyl (C=O) groups is 1. The summed E-state index contributed by atoms with van der Waals surface area (Å²) in [7, 11) is 4.16. The van der Waals surface area contributed by atoms with Crippen molar-refractivity contribution >= 4 is 5.91 Å². The minimum Gasteiger partial charge on any atom is -0.341 e. The van der Waals surface area contributed by atoms with E-state index in [1.807, 2.05) is 11.9 Å². The van der Waals surface area contributed by atoms with Gasteiger partial charge in [-0.15, -0.1) is 0 Å². The number of piperidine rings is 1. The van der Waals surface area contributed by atoms with Crippen LogP contribution >= 0.6 is 0 Å². The summed E-state index contributed by atoms with van der Waals surface area (Å²) in [6, 6.07) is 9.21. The Labute approximate surface area is 159 Å². The molecule has 144 valence electrons. The molecule has 0 radical (unpaired) electrons. The number of nitrogens with zero attached hydrogens (tertiary/aromatic N) is 3. The van der Waals surface area contributed by atoms with Crippen LogP contribution in [0.2, 0.25) is 0 Å². The number of likely N-dealkylation sites (tertiary alicyclic amines) is 2. The molecular formula is C22H35N3O. The van der Waals surface area contributed by atoms with Crippen molar-refractivity contribution in [2.45, 2.75) is 64.1 Å². The zero-order valence-electron chi connectivity index (χ0n) is 16.6. The van der Waals surface area contributed by atoms with Gasteiger partial charge < -0.3 is 9.80 Å². The van der Waals surface area contributed by atoms with Crippen molar-refractivity contribution in [3.63, 3.8) is 0 Å². The van der Waals surface area contributed by atoms with E-state index >= 15 is 0 Å². The van der Waals surface area contributed by atoms with E-state index in [0.717, 1.165) is 19.5 Å². The zero-order valence-corrected chi connectivity index (χ0v) is 16.6. The molecule has 2 aliphatic rings. The van der Waals surface area contributed by atoms with E-state index < -0.39 is 0 Å². The lowest BCUT2D eigenvalue weighted by molar-refractivity contribution is -0.130. The third kappa shape index (κ3) is 5.31. The highest BCUT2D eigenvalue weighted by molar-refractivity contribution is 5.75. The SMILES string of the molecule is CN(Cc1ccccc1CN1CCCC1)C(=O)CC[C@@H]1CCCCN1C. The first-order valence-electron chi connectivity index (χ1n) is 10.4. The first-order valence-corrected chi connectivity index (χ1v) is 10.4. The number of rotatable bonds is 7. The number of benzene rings is 1. The lowest BCUT2D eigenvalue weighted by atomic mass is 9.98. The predicted octanol–water partition coefficient (Wildman–Crippen LogP) is 3.51. The summed E-state index contributed by atoms with van der Waals surface area (Å²) in [6.45, 7) is 5.34. The first-order chi connectivity index (χ1) is 12.6. The van der Waals surface area contributed by atoms with Gasteiger partial charge in [0.2, 0.25) is 5.91 Å². The van der Waals surface area contributed by atoms with E-state index in [9.17, 15) is 4.79 Å². The molecule has 0 aromatic heterocycles. The maximum absolute atomic E-state index is 12.6. The van der Waals surface area contributed by atoms with E-state index in [-0.39, 0.29) is 5.91 Å². The smallest absolute Gasteiger partial charge is 0.222 e. The largest absolute Gasteiger partial charge is 0.341 e. The van der Waals surface area contributed by atoms with E-state index in [4.69, 9.17) is 0 Å². The van der Waals surface area contributed by atoms with E-state index in [1.165, 1.54) is 62.9 Å². The third-order valence-electron chi connectivity index (χ3n) is 6.16. The van der Waals surface area contributed by atoms with Crippen molar-refractivity contribution in [1.29, 1.82) is 0 Å². The summed E-state index contributed by atoms with van der Waals surface area (Å²) in [6.07, 6.45) is 8.14. The number of hydrogen-bond donors (Lipinski definition) is 0. The van der Waals surface area contributed by atoms with Crippen LogP contribution in [0.4, 0.5) is 0 Å². The molecule has 4 nitrogen and oxygen atoms in total. The summed E-state index contributed by atoms with van der Waals surface area (Å²) < 4.78 is 0. The van der Waals surface area contributed by atoms with Crippen molar-refractivity contribution in [1.82, 2.24) is 14.7 Å². The Morgan fingerprint density at radius 3 is 2.50 bits per heavy atom. The molecule has 0 bridgehead atoms. The Balaban J connectivity index is 1.51. The molecule has 1 aromatic rings. The Bertz CT molecular complexity index is 583. The molecule has 2 fully saturated rings. The van der Waals surface area contributed by atoms with Crippen LogP contribution in [-0.2, 0) is 17.9 Å². The highest BCUT2D eigenvalue weighted by atomic mass is 16.2. The molecule has 1 amide bonds. The van der Waals surface area contributed by atoms with Gasteiger partial charge in [0.25, 0.3) is 0 Å². The topological polar surface area (TPSA) is 26.8 Å². The van der Waals surface area contributed by atoms with Gasteiger partial charge in [-0.25, -0.2) is 0 Å². The van der Waals surface area contributed by atoms with Gasteiger partial charge in [-0.3, -0.25) is 9.69 Å². The summed E-state index contributed by atoms with van der Waals surface area (Å²) in [5.74, 6) is 0.278. The Hall–Kier alpha value is -1.39. The van der Waals surface area contributed by atoms with Gasteiger partial charge in [-0.1, -0.05) is 30.7 Å². The fourth-order valence-electron chi connectivity index (χ4n) is 4.38. The van der Waals surface area contributed by atoms with E-state index in [1.54, 1.807) is 0 Å². The lowest BCUT2D eigenvalue weighted by Crippen LogP contribution is -2.37. The monoisotopic (exact) mass is 357 g/mol. The molecule has 26 heavy (non-hydrogen) atoms. The molecule has 3 rings (SSSR count). The Kier molecular flexibility index (Phi) is 7.09. The molecule has 4 heteroatoms. The second-order valence-corrected chi connectivity index (χ2v) is 8.17. The fourth-order valence-corrected chi connectivity index (χ4v) is 4.38. The zero-order chi connectivity index (χ0) is 18.4. The number of amides is 1. The first kappa shape index (κ1) is 19.4. The van der Waals surface area contributed by atoms with E-state index in [0.29, 0.717) is 12.5 Å². The molecule has 0 spiro atoms. The summed E-state index contributed by atoms with van der Waals surface area (Å²) in [5, 5.41) is 0. The van der Waals surface area contributed by atoms with Gasteiger partial charge in [0.1, 0.15) is 0 Å². The second-order valence-electron chi connectivity index (χ2n) is 8.17. The summed E-state index contributed by atoms with van der Waals surface area (Å²) in [4.78, 5) is 19.5. The summed E-state index contributed by atoms with van der Waals surface area (Å²) >= 11 is 0. The van der Waals surface area contributed by atoms with Crippen molar-refractivity contribution in [2.75, 3.05) is 33.7 Å². The van der Waals surface area contributed by atoms with E-state index in [2.05, 4.69) is 41.1 Å². The van der Waals surface area contributed by atoms with Gasteiger partial charge in [0, 0.05) is 32.6 Å². The van der Waals surface area contributed by atoms with Crippen LogP contribution < -0.4 is 0 Å². The van der Waals surface area contributed by atoms with Gasteiger partial charge in [-0.05, 0) is 69.9 Å². The maximum Gasteiger partial charge on any atom is 0.222 e. The van der Waals surface area contributed by atoms with Crippen molar-refractivity contribution in [3.8, 4) is 0 Å².